The molecule has 3 nitrogen and oxygen atoms in total. The van der Waals surface area contributed by atoms with E-state index >= 15 is 0 Å². The van der Waals surface area contributed by atoms with Crippen LogP contribution in [0.4, 0.5) is 8.78 Å². The van der Waals surface area contributed by atoms with Crippen LogP contribution in [0.25, 0.3) is 0 Å². The molecule has 0 saturated carbocycles. The Hall–Kier alpha value is -1.51. The van der Waals surface area contributed by atoms with Crippen molar-refractivity contribution in [3.05, 3.63) is 34.9 Å². The van der Waals surface area contributed by atoms with Crippen molar-refractivity contribution in [3.8, 4) is 6.07 Å². The van der Waals surface area contributed by atoms with Crippen molar-refractivity contribution in [1.29, 1.82) is 5.26 Å². The maximum atomic E-state index is 13.6. The minimum atomic E-state index is -0.673. The van der Waals surface area contributed by atoms with E-state index in [1.165, 1.54) is 0 Å². The van der Waals surface area contributed by atoms with E-state index in [-0.39, 0.29) is 17.7 Å². The lowest BCUT2D eigenvalue weighted by molar-refractivity contribution is 0.184. The van der Waals surface area contributed by atoms with Crippen molar-refractivity contribution in [2.45, 2.75) is 19.4 Å². The number of hydrogen-bond donors (Lipinski definition) is 1. The summed E-state index contributed by atoms with van der Waals surface area (Å²) in [6.45, 7) is 2.43. The first-order valence-corrected chi connectivity index (χ1v) is 6.37. The van der Waals surface area contributed by atoms with Gasteiger partial charge in [0.05, 0.1) is 11.6 Å². The fourth-order valence-electron chi connectivity index (χ4n) is 2.17. The highest BCUT2D eigenvalue weighted by atomic mass is 19.1. The molecule has 102 valence electrons. The predicted octanol–water partition coefficient (Wildman–Crippen LogP) is 2.35. The first-order valence-electron chi connectivity index (χ1n) is 6.37. The van der Waals surface area contributed by atoms with Crippen molar-refractivity contribution >= 4 is 0 Å². The number of rotatable bonds is 5. The average Bonchev–Trinajstić information content (AvgIpc) is 2.89. The summed E-state index contributed by atoms with van der Waals surface area (Å²) in [6.07, 6.45) is 2.00. The van der Waals surface area contributed by atoms with E-state index in [0.29, 0.717) is 12.5 Å². The van der Waals surface area contributed by atoms with Gasteiger partial charge in [0.25, 0.3) is 0 Å². The molecule has 0 spiro atoms. The normalized spacial score (nSPS) is 18.5. The molecular weight excluding hydrogens is 250 g/mol. The first kappa shape index (κ1) is 13.9. The van der Waals surface area contributed by atoms with Gasteiger partial charge in [0.1, 0.15) is 11.6 Å². The van der Waals surface area contributed by atoms with Gasteiger partial charge in [-0.25, -0.2) is 8.78 Å². The molecule has 0 aliphatic carbocycles. The van der Waals surface area contributed by atoms with Crippen LogP contribution in [0, 0.1) is 28.9 Å². The van der Waals surface area contributed by atoms with Gasteiger partial charge in [-0.1, -0.05) is 0 Å². The van der Waals surface area contributed by atoms with E-state index in [1.54, 1.807) is 6.07 Å². The zero-order chi connectivity index (χ0) is 13.7. The Kier molecular flexibility index (Phi) is 4.83. The molecule has 1 aromatic rings. The van der Waals surface area contributed by atoms with Crippen molar-refractivity contribution in [3.63, 3.8) is 0 Å². The van der Waals surface area contributed by atoms with Gasteiger partial charge in [0.2, 0.25) is 0 Å². The summed E-state index contributed by atoms with van der Waals surface area (Å²) in [5, 5.41) is 11.6. The molecule has 1 unspecified atom stereocenters. The van der Waals surface area contributed by atoms with Crippen LogP contribution in [0.3, 0.4) is 0 Å². The van der Waals surface area contributed by atoms with Crippen LogP contribution >= 0.6 is 0 Å². The zero-order valence-corrected chi connectivity index (χ0v) is 10.6. The van der Waals surface area contributed by atoms with Gasteiger partial charge in [-0.05, 0) is 37.4 Å². The Bertz CT molecular complexity index is 456. The van der Waals surface area contributed by atoms with E-state index in [0.717, 1.165) is 38.2 Å². The van der Waals surface area contributed by atoms with Gasteiger partial charge in [-0.3, -0.25) is 0 Å². The Morgan fingerprint density at radius 1 is 1.37 bits per heavy atom. The molecule has 1 fully saturated rings. The topological polar surface area (TPSA) is 45.0 Å². The molecule has 1 atom stereocenters. The summed E-state index contributed by atoms with van der Waals surface area (Å²) >= 11 is 0. The predicted molar refractivity (Wildman–Crippen MR) is 66.3 cm³/mol. The molecule has 0 amide bonds. The largest absolute Gasteiger partial charge is 0.381 e. The molecule has 1 N–H and O–H groups in total. The van der Waals surface area contributed by atoms with Crippen molar-refractivity contribution in [2.24, 2.45) is 5.92 Å². The second kappa shape index (κ2) is 6.60. The quantitative estimate of drug-likeness (QED) is 0.832. The van der Waals surface area contributed by atoms with E-state index in [9.17, 15) is 8.78 Å². The van der Waals surface area contributed by atoms with Crippen molar-refractivity contribution < 1.29 is 13.5 Å². The van der Waals surface area contributed by atoms with E-state index in [1.807, 2.05) is 0 Å². The molecule has 0 radical (unpaired) electrons. The van der Waals surface area contributed by atoms with Crippen LogP contribution < -0.4 is 5.32 Å². The fraction of sp³-hybridized carbons (Fsp3) is 0.500. The molecule has 2 rings (SSSR count). The molecular formula is C14H16F2N2O. The Labute approximate surface area is 111 Å². The molecule has 0 aromatic heterocycles. The summed E-state index contributed by atoms with van der Waals surface area (Å²) in [4.78, 5) is 0. The third-order valence-electron chi connectivity index (χ3n) is 3.33. The lowest BCUT2D eigenvalue weighted by Crippen LogP contribution is -2.19. The molecule has 5 heteroatoms. The monoisotopic (exact) mass is 266 g/mol. The van der Waals surface area contributed by atoms with Crippen molar-refractivity contribution in [1.82, 2.24) is 5.32 Å². The smallest absolute Gasteiger partial charge is 0.131 e. The highest BCUT2D eigenvalue weighted by molar-refractivity contribution is 5.34. The molecule has 1 aliphatic heterocycles. The van der Waals surface area contributed by atoms with E-state index in [4.69, 9.17) is 10.00 Å². The van der Waals surface area contributed by atoms with Gasteiger partial charge in [0.15, 0.2) is 0 Å². The standard InChI is InChI=1S/C14H16F2N2O/c15-13-5-11(7-17)6-14(16)12(13)8-18-3-1-10-2-4-19-9-10/h5-6,10,18H,1-4,8-9H2. The molecule has 1 aliphatic rings. The van der Waals surface area contributed by atoms with Crippen LogP contribution in [0.15, 0.2) is 12.1 Å². The highest BCUT2D eigenvalue weighted by Gasteiger charge is 2.15. The maximum Gasteiger partial charge on any atom is 0.131 e. The second-order valence-electron chi connectivity index (χ2n) is 4.73. The number of ether oxygens (including phenoxy) is 1. The van der Waals surface area contributed by atoms with Gasteiger partial charge < -0.3 is 10.1 Å². The summed E-state index contributed by atoms with van der Waals surface area (Å²) in [6, 6.07) is 3.85. The lowest BCUT2D eigenvalue weighted by Gasteiger charge is -2.10. The van der Waals surface area contributed by atoms with Crippen LogP contribution in [0.1, 0.15) is 24.0 Å². The first-order chi connectivity index (χ1) is 9.20. The summed E-state index contributed by atoms with van der Waals surface area (Å²) in [5.74, 6) is -0.801. The number of nitriles is 1. The second-order valence-corrected chi connectivity index (χ2v) is 4.73. The van der Waals surface area contributed by atoms with Crippen LogP contribution in [0.5, 0.6) is 0 Å². The highest BCUT2D eigenvalue weighted by Crippen LogP contribution is 2.17. The maximum absolute atomic E-state index is 13.6. The van der Waals surface area contributed by atoms with E-state index < -0.39 is 11.6 Å². The van der Waals surface area contributed by atoms with Crippen LogP contribution in [0.2, 0.25) is 0 Å². The Morgan fingerprint density at radius 2 is 2.11 bits per heavy atom. The van der Waals surface area contributed by atoms with E-state index in [2.05, 4.69) is 5.32 Å². The molecule has 1 heterocycles. The molecule has 0 bridgehead atoms. The van der Waals surface area contributed by atoms with Gasteiger partial charge in [-0.2, -0.15) is 5.26 Å². The Morgan fingerprint density at radius 3 is 2.68 bits per heavy atom. The van der Waals surface area contributed by atoms with Crippen molar-refractivity contribution in [2.75, 3.05) is 19.8 Å². The van der Waals surface area contributed by atoms with Gasteiger partial charge in [0, 0.05) is 25.3 Å². The summed E-state index contributed by atoms with van der Waals surface area (Å²) in [5.41, 5.74) is -0.0106. The summed E-state index contributed by atoms with van der Waals surface area (Å²) < 4.78 is 32.4. The third kappa shape index (κ3) is 3.72. The third-order valence-corrected chi connectivity index (χ3v) is 3.33. The van der Waals surface area contributed by atoms with Crippen LogP contribution in [-0.2, 0) is 11.3 Å². The minimum Gasteiger partial charge on any atom is -0.381 e. The van der Waals surface area contributed by atoms with Gasteiger partial charge in [-0.15, -0.1) is 0 Å². The lowest BCUT2D eigenvalue weighted by atomic mass is 10.1. The molecule has 19 heavy (non-hydrogen) atoms. The molecule has 1 saturated heterocycles. The average molecular weight is 266 g/mol. The fourth-order valence-corrected chi connectivity index (χ4v) is 2.17. The molecule has 1 aromatic carbocycles. The number of hydrogen-bond acceptors (Lipinski definition) is 3. The van der Waals surface area contributed by atoms with Gasteiger partial charge >= 0.3 is 0 Å². The SMILES string of the molecule is N#Cc1cc(F)c(CNCCC2CCOC2)c(F)c1. The van der Waals surface area contributed by atoms with Crippen LogP contribution in [-0.4, -0.2) is 19.8 Å². The number of halogens is 2. The Balaban J connectivity index is 1.84. The number of nitrogens with one attached hydrogen (secondary N) is 1. The number of benzene rings is 1. The number of nitrogens with zero attached hydrogens (tertiary/aromatic N) is 1. The minimum absolute atomic E-state index is 0.00172. The summed E-state index contributed by atoms with van der Waals surface area (Å²) in [7, 11) is 0. The zero-order valence-electron chi connectivity index (χ0n) is 10.6.